The van der Waals surface area contributed by atoms with Crippen molar-refractivity contribution in [1.82, 2.24) is 9.97 Å². The van der Waals surface area contributed by atoms with E-state index in [-0.39, 0.29) is 5.69 Å². The lowest BCUT2D eigenvalue weighted by molar-refractivity contribution is -0.384. The molecule has 0 saturated heterocycles. The van der Waals surface area contributed by atoms with Crippen molar-refractivity contribution in [3.8, 4) is 0 Å². The van der Waals surface area contributed by atoms with Crippen LogP contribution in [0.3, 0.4) is 0 Å². The lowest BCUT2D eigenvalue weighted by atomic mass is 10.3. The Kier molecular flexibility index (Phi) is 2.50. The molecule has 0 aliphatic carbocycles. The van der Waals surface area contributed by atoms with Gasteiger partial charge in [0, 0.05) is 12.1 Å². The molecular formula is C8H5Cl2N3O2. The Morgan fingerprint density at radius 2 is 2.20 bits per heavy atom. The van der Waals surface area contributed by atoms with Gasteiger partial charge in [-0.3, -0.25) is 10.1 Å². The second-order valence-electron chi connectivity index (χ2n) is 2.88. The maximum atomic E-state index is 10.5. The number of imidazole rings is 1. The van der Waals surface area contributed by atoms with Gasteiger partial charge in [0.1, 0.15) is 5.82 Å². The SMILES string of the molecule is O=[N+]([O-])c1ccc2nc(C(Cl)Cl)[nH]c2c1. The summed E-state index contributed by atoms with van der Waals surface area (Å²) in [5.74, 6) is 0.383. The van der Waals surface area contributed by atoms with Crippen molar-refractivity contribution in [2.24, 2.45) is 0 Å². The summed E-state index contributed by atoms with van der Waals surface area (Å²) in [6.07, 6.45) is 0. The van der Waals surface area contributed by atoms with Crippen LogP contribution in [0.25, 0.3) is 11.0 Å². The van der Waals surface area contributed by atoms with E-state index in [2.05, 4.69) is 9.97 Å². The minimum atomic E-state index is -0.767. The second-order valence-corrected chi connectivity index (χ2v) is 3.98. The second kappa shape index (κ2) is 3.67. The monoisotopic (exact) mass is 245 g/mol. The molecule has 1 N–H and O–H groups in total. The van der Waals surface area contributed by atoms with E-state index in [1.165, 1.54) is 12.1 Å². The zero-order valence-electron chi connectivity index (χ0n) is 7.28. The molecule has 78 valence electrons. The van der Waals surface area contributed by atoms with E-state index in [0.717, 1.165) is 0 Å². The molecule has 0 atom stereocenters. The normalized spacial score (nSPS) is 11.1. The van der Waals surface area contributed by atoms with Gasteiger partial charge < -0.3 is 4.98 Å². The van der Waals surface area contributed by atoms with E-state index < -0.39 is 9.76 Å². The number of rotatable bonds is 2. The van der Waals surface area contributed by atoms with Gasteiger partial charge in [0.05, 0.1) is 16.0 Å². The molecule has 2 aromatic rings. The number of nitro groups is 1. The maximum Gasteiger partial charge on any atom is 0.271 e. The zero-order chi connectivity index (χ0) is 11.0. The summed E-state index contributed by atoms with van der Waals surface area (Å²) in [7, 11) is 0. The third kappa shape index (κ3) is 1.88. The van der Waals surface area contributed by atoms with Crippen molar-refractivity contribution in [1.29, 1.82) is 0 Å². The van der Waals surface area contributed by atoms with Crippen molar-refractivity contribution in [2.45, 2.75) is 4.84 Å². The van der Waals surface area contributed by atoms with Gasteiger partial charge in [-0.15, -0.1) is 0 Å². The van der Waals surface area contributed by atoms with Crippen molar-refractivity contribution in [2.75, 3.05) is 0 Å². The van der Waals surface area contributed by atoms with Gasteiger partial charge in [0.15, 0.2) is 4.84 Å². The number of nitrogens with one attached hydrogen (secondary N) is 1. The number of halogens is 2. The first-order valence-electron chi connectivity index (χ1n) is 4.00. The Morgan fingerprint density at radius 1 is 1.47 bits per heavy atom. The lowest BCUT2D eigenvalue weighted by Crippen LogP contribution is -1.86. The van der Waals surface area contributed by atoms with Crippen LogP contribution in [-0.4, -0.2) is 14.9 Å². The third-order valence-corrected chi connectivity index (χ3v) is 2.31. The first-order chi connectivity index (χ1) is 7.08. The van der Waals surface area contributed by atoms with Crippen LogP contribution in [-0.2, 0) is 0 Å². The Labute approximate surface area is 94.2 Å². The Balaban J connectivity index is 2.57. The van der Waals surface area contributed by atoms with Gasteiger partial charge in [-0.05, 0) is 6.07 Å². The van der Waals surface area contributed by atoms with E-state index >= 15 is 0 Å². The third-order valence-electron chi connectivity index (χ3n) is 1.90. The highest BCUT2D eigenvalue weighted by atomic mass is 35.5. The van der Waals surface area contributed by atoms with Gasteiger partial charge in [0.2, 0.25) is 0 Å². The van der Waals surface area contributed by atoms with Gasteiger partial charge in [-0.1, -0.05) is 23.2 Å². The topological polar surface area (TPSA) is 71.8 Å². The number of hydrogen-bond donors (Lipinski definition) is 1. The molecule has 7 heteroatoms. The van der Waals surface area contributed by atoms with Crippen LogP contribution in [0, 0.1) is 10.1 Å². The van der Waals surface area contributed by atoms with Crippen LogP contribution >= 0.6 is 23.2 Å². The predicted molar refractivity (Wildman–Crippen MR) is 57.2 cm³/mol. The van der Waals surface area contributed by atoms with Gasteiger partial charge in [-0.25, -0.2) is 4.98 Å². The number of nitrogens with zero attached hydrogens (tertiary/aromatic N) is 2. The summed E-state index contributed by atoms with van der Waals surface area (Å²) in [6, 6.07) is 4.32. The summed E-state index contributed by atoms with van der Waals surface area (Å²) in [6.45, 7) is 0. The molecule has 15 heavy (non-hydrogen) atoms. The van der Waals surface area contributed by atoms with Gasteiger partial charge in [-0.2, -0.15) is 0 Å². The molecule has 1 aromatic carbocycles. The molecular weight excluding hydrogens is 241 g/mol. The molecule has 2 rings (SSSR count). The molecule has 0 unspecified atom stereocenters. The van der Waals surface area contributed by atoms with Crippen LogP contribution in [0.4, 0.5) is 5.69 Å². The number of fused-ring (bicyclic) bond motifs is 1. The van der Waals surface area contributed by atoms with Crippen LogP contribution in [0.2, 0.25) is 0 Å². The predicted octanol–water partition coefficient (Wildman–Crippen LogP) is 2.95. The number of alkyl halides is 2. The molecule has 0 amide bonds. The van der Waals surface area contributed by atoms with Gasteiger partial charge >= 0.3 is 0 Å². The highest BCUT2D eigenvalue weighted by Gasteiger charge is 2.12. The van der Waals surface area contributed by atoms with Gasteiger partial charge in [0.25, 0.3) is 5.69 Å². The molecule has 0 saturated carbocycles. The lowest BCUT2D eigenvalue weighted by Gasteiger charge is -1.91. The molecule has 0 radical (unpaired) electrons. The minimum absolute atomic E-state index is 0.00149. The molecule has 0 spiro atoms. The minimum Gasteiger partial charge on any atom is -0.339 e. The highest BCUT2D eigenvalue weighted by Crippen LogP contribution is 2.26. The van der Waals surface area contributed by atoms with Crippen molar-refractivity contribution < 1.29 is 4.92 Å². The van der Waals surface area contributed by atoms with E-state index in [1.807, 2.05) is 0 Å². The highest BCUT2D eigenvalue weighted by molar-refractivity contribution is 6.43. The van der Waals surface area contributed by atoms with Crippen LogP contribution in [0.5, 0.6) is 0 Å². The fraction of sp³-hybridized carbons (Fsp3) is 0.125. The van der Waals surface area contributed by atoms with Crippen molar-refractivity contribution in [3.05, 3.63) is 34.1 Å². The zero-order valence-corrected chi connectivity index (χ0v) is 8.79. The average Bonchev–Trinajstić information content (AvgIpc) is 2.59. The molecule has 0 fully saturated rings. The average molecular weight is 246 g/mol. The number of hydrogen-bond acceptors (Lipinski definition) is 3. The summed E-state index contributed by atoms with van der Waals surface area (Å²) < 4.78 is 0. The number of aromatic amines is 1. The first kappa shape index (κ1) is 10.2. The van der Waals surface area contributed by atoms with Crippen molar-refractivity contribution >= 4 is 39.9 Å². The molecule has 0 aliphatic rings. The number of nitro benzene ring substituents is 1. The largest absolute Gasteiger partial charge is 0.339 e. The number of benzene rings is 1. The summed E-state index contributed by atoms with van der Waals surface area (Å²) in [4.78, 5) is 16.1. The Morgan fingerprint density at radius 3 is 2.80 bits per heavy atom. The number of non-ortho nitro benzene ring substituents is 1. The summed E-state index contributed by atoms with van der Waals surface area (Å²) in [5, 5.41) is 10.5. The van der Waals surface area contributed by atoms with Crippen LogP contribution < -0.4 is 0 Å². The standard InChI is InChI=1S/C8H5Cl2N3O2/c9-7(10)8-11-5-2-1-4(13(14)15)3-6(5)12-8/h1-3,7H,(H,11,12). The molecule has 5 nitrogen and oxygen atoms in total. The maximum absolute atomic E-state index is 10.5. The van der Waals surface area contributed by atoms with E-state index in [0.29, 0.717) is 16.9 Å². The van der Waals surface area contributed by atoms with E-state index in [9.17, 15) is 10.1 Å². The Hall–Kier alpha value is -1.33. The summed E-state index contributed by atoms with van der Waals surface area (Å²) in [5.41, 5.74) is 1.14. The smallest absolute Gasteiger partial charge is 0.271 e. The first-order valence-corrected chi connectivity index (χ1v) is 4.87. The molecule has 1 heterocycles. The van der Waals surface area contributed by atoms with Crippen LogP contribution in [0.15, 0.2) is 18.2 Å². The molecule has 0 bridgehead atoms. The molecule has 0 aliphatic heterocycles. The van der Waals surface area contributed by atoms with Crippen LogP contribution in [0.1, 0.15) is 10.7 Å². The quantitative estimate of drug-likeness (QED) is 0.503. The number of aromatic nitrogens is 2. The number of H-pyrrole nitrogens is 1. The van der Waals surface area contributed by atoms with E-state index in [1.54, 1.807) is 6.07 Å². The fourth-order valence-corrected chi connectivity index (χ4v) is 1.44. The summed E-state index contributed by atoms with van der Waals surface area (Å²) >= 11 is 11.2. The van der Waals surface area contributed by atoms with Crippen molar-refractivity contribution in [3.63, 3.8) is 0 Å². The van der Waals surface area contributed by atoms with E-state index in [4.69, 9.17) is 23.2 Å². The molecule has 1 aromatic heterocycles. The Bertz CT molecular complexity index is 524. The fourth-order valence-electron chi connectivity index (χ4n) is 1.23.